The summed E-state index contributed by atoms with van der Waals surface area (Å²) in [4.78, 5) is 22.7. The second-order valence-corrected chi connectivity index (χ2v) is 4.12. The first-order chi connectivity index (χ1) is 8.72. The van der Waals surface area contributed by atoms with Crippen LogP contribution < -0.4 is 11.3 Å². The highest BCUT2D eigenvalue weighted by Gasteiger charge is 2.22. The molecule has 2 aromatic heterocycles. The summed E-state index contributed by atoms with van der Waals surface area (Å²) < 4.78 is 0. The number of nitrogen functional groups attached to an aromatic ring is 1. The van der Waals surface area contributed by atoms with Crippen LogP contribution >= 0.6 is 11.8 Å². The van der Waals surface area contributed by atoms with Crippen molar-refractivity contribution in [2.45, 2.75) is 9.92 Å². The Morgan fingerprint density at radius 1 is 1.33 bits per heavy atom. The van der Waals surface area contributed by atoms with Gasteiger partial charge in [0.2, 0.25) is 5.82 Å². The summed E-state index contributed by atoms with van der Waals surface area (Å²) in [6.45, 7) is 0. The van der Waals surface area contributed by atoms with E-state index >= 15 is 0 Å². The first kappa shape index (κ1) is 12.2. The highest BCUT2D eigenvalue weighted by Crippen LogP contribution is 2.35. The Kier molecular flexibility index (Phi) is 3.65. The van der Waals surface area contributed by atoms with E-state index in [-0.39, 0.29) is 16.5 Å². The van der Waals surface area contributed by atoms with Gasteiger partial charge >= 0.3 is 5.69 Å². The van der Waals surface area contributed by atoms with Crippen molar-refractivity contribution in [2.75, 3.05) is 5.43 Å². The molecular weight excluding hydrogens is 256 g/mol. The fraction of sp³-hybridized carbons (Fsp3) is 0. The number of hydrazine groups is 1. The second-order valence-electron chi connectivity index (χ2n) is 3.06. The van der Waals surface area contributed by atoms with E-state index in [0.29, 0.717) is 0 Å². The van der Waals surface area contributed by atoms with Gasteiger partial charge in [-0.1, -0.05) is 11.8 Å². The number of nitrogens with one attached hydrogen (secondary N) is 1. The van der Waals surface area contributed by atoms with Crippen LogP contribution in [0.1, 0.15) is 0 Å². The van der Waals surface area contributed by atoms with Gasteiger partial charge < -0.3 is 5.43 Å². The molecule has 0 aliphatic carbocycles. The number of nitro groups is 1. The van der Waals surface area contributed by atoms with Crippen LogP contribution in [0.3, 0.4) is 0 Å². The van der Waals surface area contributed by atoms with Crippen molar-refractivity contribution in [2.24, 2.45) is 5.84 Å². The number of nitrogens with zero attached hydrogens (tertiary/aromatic N) is 4. The lowest BCUT2D eigenvalue weighted by Crippen LogP contribution is -2.11. The van der Waals surface area contributed by atoms with Crippen molar-refractivity contribution < 1.29 is 4.92 Å². The predicted octanol–water partition coefficient (Wildman–Crippen LogP) is 1.22. The van der Waals surface area contributed by atoms with Gasteiger partial charge in [-0.05, 0) is 12.1 Å². The fourth-order valence-electron chi connectivity index (χ4n) is 1.23. The van der Waals surface area contributed by atoms with Crippen LogP contribution in [0.5, 0.6) is 0 Å². The van der Waals surface area contributed by atoms with E-state index in [1.807, 2.05) is 0 Å². The predicted molar refractivity (Wildman–Crippen MR) is 64.9 cm³/mol. The zero-order chi connectivity index (χ0) is 13.0. The van der Waals surface area contributed by atoms with E-state index in [1.54, 1.807) is 24.5 Å². The maximum absolute atomic E-state index is 11.0. The molecule has 0 unspecified atom stereocenters. The Bertz CT molecular complexity index is 564. The first-order valence-corrected chi connectivity index (χ1v) is 5.58. The van der Waals surface area contributed by atoms with Crippen LogP contribution in [0.2, 0.25) is 0 Å². The van der Waals surface area contributed by atoms with E-state index in [2.05, 4.69) is 20.4 Å². The van der Waals surface area contributed by atoms with Gasteiger partial charge in [-0.25, -0.2) is 15.8 Å². The highest BCUT2D eigenvalue weighted by atomic mass is 32.2. The summed E-state index contributed by atoms with van der Waals surface area (Å²) in [7, 11) is 0. The first-order valence-electron chi connectivity index (χ1n) is 4.76. The summed E-state index contributed by atoms with van der Waals surface area (Å²) in [5.41, 5.74) is 1.94. The van der Waals surface area contributed by atoms with Gasteiger partial charge in [0.05, 0.1) is 4.92 Å². The number of anilines is 1. The van der Waals surface area contributed by atoms with E-state index in [4.69, 9.17) is 5.84 Å². The van der Waals surface area contributed by atoms with Crippen LogP contribution in [0.25, 0.3) is 0 Å². The standard InChI is InChI=1S/C9H8N6O2S/c10-14-8-7(15(16)17)9(13-5-12-8)18-6-1-3-11-4-2-6/h1-5H,10H2,(H,12,13,14). The topological polar surface area (TPSA) is 120 Å². The summed E-state index contributed by atoms with van der Waals surface area (Å²) in [5, 5.41) is 11.2. The zero-order valence-electron chi connectivity index (χ0n) is 8.98. The Morgan fingerprint density at radius 2 is 2.06 bits per heavy atom. The maximum Gasteiger partial charge on any atom is 0.344 e. The van der Waals surface area contributed by atoms with Crippen molar-refractivity contribution in [1.82, 2.24) is 15.0 Å². The molecule has 18 heavy (non-hydrogen) atoms. The van der Waals surface area contributed by atoms with Gasteiger partial charge in [0, 0.05) is 17.3 Å². The second kappa shape index (κ2) is 5.38. The average Bonchev–Trinajstić information content (AvgIpc) is 2.39. The Morgan fingerprint density at radius 3 is 2.67 bits per heavy atom. The third-order valence-electron chi connectivity index (χ3n) is 1.97. The summed E-state index contributed by atoms with van der Waals surface area (Å²) >= 11 is 1.14. The summed E-state index contributed by atoms with van der Waals surface area (Å²) in [5.74, 6) is 5.17. The van der Waals surface area contributed by atoms with Crippen LogP contribution in [0, 0.1) is 10.1 Å². The SMILES string of the molecule is NNc1ncnc(Sc2ccncc2)c1[N+](=O)[O-]. The van der Waals surface area contributed by atoms with Gasteiger partial charge in [0.25, 0.3) is 0 Å². The van der Waals surface area contributed by atoms with Crippen molar-refractivity contribution in [3.63, 3.8) is 0 Å². The Hall–Kier alpha value is -2.26. The summed E-state index contributed by atoms with van der Waals surface area (Å²) in [6.07, 6.45) is 4.40. The number of hydrogen-bond acceptors (Lipinski definition) is 8. The van der Waals surface area contributed by atoms with E-state index in [9.17, 15) is 10.1 Å². The van der Waals surface area contributed by atoms with Gasteiger partial charge in [-0.2, -0.15) is 0 Å². The highest BCUT2D eigenvalue weighted by molar-refractivity contribution is 7.99. The lowest BCUT2D eigenvalue weighted by atomic mass is 10.5. The molecule has 0 saturated carbocycles. The number of hydrogen-bond donors (Lipinski definition) is 2. The van der Waals surface area contributed by atoms with Gasteiger partial charge in [0.15, 0.2) is 5.03 Å². The smallest absolute Gasteiger partial charge is 0.303 e. The molecule has 0 aromatic carbocycles. The van der Waals surface area contributed by atoms with Gasteiger partial charge in [-0.3, -0.25) is 15.1 Å². The van der Waals surface area contributed by atoms with E-state index in [1.165, 1.54) is 6.33 Å². The number of nitrogens with two attached hydrogens (primary N) is 1. The molecule has 9 heteroatoms. The van der Waals surface area contributed by atoms with E-state index in [0.717, 1.165) is 16.7 Å². The normalized spacial score (nSPS) is 10.1. The van der Waals surface area contributed by atoms with E-state index < -0.39 is 4.92 Å². The van der Waals surface area contributed by atoms with Crippen molar-refractivity contribution in [3.8, 4) is 0 Å². The molecule has 3 N–H and O–H groups in total. The van der Waals surface area contributed by atoms with Gasteiger partial charge in [-0.15, -0.1) is 0 Å². The molecule has 0 radical (unpaired) electrons. The molecule has 2 aromatic rings. The monoisotopic (exact) mass is 264 g/mol. The molecule has 0 aliphatic heterocycles. The minimum absolute atomic E-state index is 0.0217. The molecule has 0 fully saturated rings. The maximum atomic E-state index is 11.0. The average molecular weight is 264 g/mol. The lowest BCUT2D eigenvalue weighted by molar-refractivity contribution is -0.387. The molecule has 8 nitrogen and oxygen atoms in total. The molecule has 0 saturated heterocycles. The van der Waals surface area contributed by atoms with Crippen LogP contribution in [0.15, 0.2) is 40.8 Å². The fourth-order valence-corrected chi connectivity index (χ4v) is 2.07. The zero-order valence-corrected chi connectivity index (χ0v) is 9.79. The minimum atomic E-state index is -0.571. The van der Waals surface area contributed by atoms with Crippen molar-refractivity contribution in [1.29, 1.82) is 0 Å². The van der Waals surface area contributed by atoms with Crippen molar-refractivity contribution in [3.05, 3.63) is 41.0 Å². The van der Waals surface area contributed by atoms with Gasteiger partial charge in [0.1, 0.15) is 6.33 Å². The lowest BCUT2D eigenvalue weighted by Gasteiger charge is -2.04. The molecule has 0 amide bonds. The van der Waals surface area contributed by atoms with Crippen LogP contribution in [-0.2, 0) is 0 Å². The molecule has 2 rings (SSSR count). The molecule has 2 heterocycles. The van der Waals surface area contributed by atoms with Crippen LogP contribution in [-0.4, -0.2) is 19.9 Å². The molecular formula is C9H8N6O2S. The molecule has 0 atom stereocenters. The molecule has 0 spiro atoms. The quantitative estimate of drug-likeness (QED) is 0.366. The molecule has 0 bridgehead atoms. The number of rotatable bonds is 4. The number of aromatic nitrogens is 3. The Labute approximate surface area is 106 Å². The minimum Gasteiger partial charge on any atom is -0.303 e. The third kappa shape index (κ3) is 2.52. The summed E-state index contributed by atoms with van der Waals surface area (Å²) in [6, 6.07) is 3.46. The largest absolute Gasteiger partial charge is 0.344 e. The molecule has 92 valence electrons. The molecule has 0 aliphatic rings. The van der Waals surface area contributed by atoms with Crippen LogP contribution in [0.4, 0.5) is 11.5 Å². The third-order valence-corrected chi connectivity index (χ3v) is 2.97. The van der Waals surface area contributed by atoms with Crippen molar-refractivity contribution >= 4 is 23.3 Å². The Balaban J connectivity index is 2.42. The number of pyridine rings is 1.